The number of halogens is 2. The Hall–Kier alpha value is -0.640. The lowest BCUT2D eigenvalue weighted by atomic mass is 10.2. The average Bonchev–Trinajstić information content (AvgIpc) is 2.82. The molecule has 0 saturated heterocycles. The molecule has 20 heavy (non-hydrogen) atoms. The van der Waals surface area contributed by atoms with Gasteiger partial charge in [-0.3, -0.25) is 0 Å². The largest absolute Gasteiger partial charge is 0.319 e. The van der Waals surface area contributed by atoms with Crippen LogP contribution in [-0.4, -0.2) is 21.2 Å². The first-order valence-electron chi connectivity index (χ1n) is 6.72. The van der Waals surface area contributed by atoms with Gasteiger partial charge < -0.3 is 4.57 Å². The highest BCUT2D eigenvalue weighted by molar-refractivity contribution is 7.99. The van der Waals surface area contributed by atoms with Crippen LogP contribution < -0.4 is 0 Å². The maximum atomic E-state index is 6.26. The van der Waals surface area contributed by atoms with E-state index in [1.807, 2.05) is 24.4 Å². The fourth-order valence-electron chi connectivity index (χ4n) is 1.96. The Morgan fingerprint density at radius 2 is 2.10 bits per heavy atom. The number of benzene rings is 1. The van der Waals surface area contributed by atoms with Crippen LogP contribution in [0.5, 0.6) is 0 Å². The summed E-state index contributed by atoms with van der Waals surface area (Å²) in [5, 5.41) is 1.84. The summed E-state index contributed by atoms with van der Waals surface area (Å²) in [6.45, 7) is 2.92. The molecule has 0 aliphatic carbocycles. The van der Waals surface area contributed by atoms with Crippen LogP contribution in [0.1, 0.15) is 24.6 Å². The molecule has 0 aliphatic heterocycles. The monoisotopic (exact) mass is 328 g/mol. The van der Waals surface area contributed by atoms with Crippen LogP contribution in [0.25, 0.3) is 0 Å². The fourth-order valence-corrected chi connectivity index (χ4v) is 3.20. The van der Waals surface area contributed by atoms with Crippen molar-refractivity contribution in [2.45, 2.75) is 31.5 Å². The maximum absolute atomic E-state index is 6.26. The SMILES string of the molecule is CCCSc1ncc(CCCl)n1Cc1ccccc1Cl. The summed E-state index contributed by atoms with van der Waals surface area (Å²) in [7, 11) is 0. The van der Waals surface area contributed by atoms with Crippen LogP contribution in [0.2, 0.25) is 5.02 Å². The first kappa shape index (κ1) is 15.7. The van der Waals surface area contributed by atoms with Crippen molar-refractivity contribution >= 4 is 35.0 Å². The highest BCUT2D eigenvalue weighted by Gasteiger charge is 2.11. The van der Waals surface area contributed by atoms with E-state index in [-0.39, 0.29) is 0 Å². The second-order valence-corrected chi connectivity index (χ2v) is 6.34. The van der Waals surface area contributed by atoms with Gasteiger partial charge in [-0.2, -0.15) is 0 Å². The molecule has 0 spiro atoms. The molecule has 0 amide bonds. The van der Waals surface area contributed by atoms with Crippen molar-refractivity contribution < 1.29 is 0 Å². The number of hydrogen-bond donors (Lipinski definition) is 0. The van der Waals surface area contributed by atoms with E-state index in [0.717, 1.165) is 40.9 Å². The van der Waals surface area contributed by atoms with Crippen molar-refractivity contribution in [3.63, 3.8) is 0 Å². The van der Waals surface area contributed by atoms with E-state index < -0.39 is 0 Å². The van der Waals surface area contributed by atoms with Gasteiger partial charge in [0.05, 0.1) is 6.54 Å². The standard InChI is InChI=1S/C15H18Cl2N2S/c1-2-9-20-15-18-10-13(7-8-16)19(15)11-12-5-3-4-6-14(12)17/h3-6,10H,2,7-9,11H2,1H3. The van der Waals surface area contributed by atoms with Crippen LogP contribution in [0.3, 0.4) is 0 Å². The number of aromatic nitrogens is 2. The molecule has 108 valence electrons. The highest BCUT2D eigenvalue weighted by Crippen LogP contribution is 2.24. The summed E-state index contributed by atoms with van der Waals surface area (Å²) in [5.74, 6) is 1.67. The zero-order valence-electron chi connectivity index (χ0n) is 11.5. The molecule has 0 bridgehead atoms. The summed E-state index contributed by atoms with van der Waals surface area (Å²) in [6, 6.07) is 7.94. The van der Waals surface area contributed by atoms with Gasteiger partial charge in [-0.1, -0.05) is 48.5 Å². The minimum Gasteiger partial charge on any atom is -0.319 e. The molecule has 0 unspecified atom stereocenters. The average molecular weight is 329 g/mol. The molecule has 5 heteroatoms. The molecule has 0 saturated carbocycles. The summed E-state index contributed by atoms with van der Waals surface area (Å²) in [4.78, 5) is 4.52. The van der Waals surface area contributed by atoms with E-state index in [1.54, 1.807) is 11.8 Å². The smallest absolute Gasteiger partial charge is 0.168 e. The Kier molecular flexibility index (Phi) is 6.27. The molecular weight excluding hydrogens is 311 g/mol. The van der Waals surface area contributed by atoms with Crippen molar-refractivity contribution in [1.29, 1.82) is 0 Å². The Morgan fingerprint density at radius 1 is 1.30 bits per heavy atom. The second-order valence-electron chi connectivity index (χ2n) is 4.50. The minimum atomic E-state index is 0.603. The van der Waals surface area contributed by atoms with Gasteiger partial charge in [0.15, 0.2) is 5.16 Å². The molecular formula is C15H18Cl2N2S. The number of aryl methyl sites for hydroxylation is 1. The third-order valence-corrected chi connectivity index (χ3v) is 4.73. The van der Waals surface area contributed by atoms with Gasteiger partial charge in [-0.15, -0.1) is 11.6 Å². The Morgan fingerprint density at radius 3 is 2.80 bits per heavy atom. The lowest BCUT2D eigenvalue weighted by Gasteiger charge is -2.12. The van der Waals surface area contributed by atoms with Crippen molar-refractivity contribution in [2.75, 3.05) is 11.6 Å². The first-order chi connectivity index (χ1) is 9.76. The van der Waals surface area contributed by atoms with Gasteiger partial charge >= 0.3 is 0 Å². The zero-order chi connectivity index (χ0) is 14.4. The molecule has 2 rings (SSSR count). The Labute approximate surface area is 134 Å². The third-order valence-electron chi connectivity index (χ3n) is 2.97. The summed E-state index contributed by atoms with van der Waals surface area (Å²) in [6.07, 6.45) is 3.89. The van der Waals surface area contributed by atoms with E-state index in [4.69, 9.17) is 23.2 Å². The van der Waals surface area contributed by atoms with E-state index in [0.29, 0.717) is 5.88 Å². The van der Waals surface area contributed by atoms with Crippen LogP contribution in [-0.2, 0) is 13.0 Å². The number of alkyl halides is 1. The number of thioether (sulfide) groups is 1. The Balaban J connectivity index is 2.27. The van der Waals surface area contributed by atoms with Crippen molar-refractivity contribution in [3.05, 3.63) is 46.7 Å². The van der Waals surface area contributed by atoms with Crippen LogP contribution in [0.4, 0.5) is 0 Å². The second kappa shape index (κ2) is 7.96. The normalized spacial score (nSPS) is 10.9. The Bertz CT molecular complexity index is 555. The number of rotatable bonds is 7. The van der Waals surface area contributed by atoms with Gasteiger partial charge in [-0.25, -0.2) is 4.98 Å². The minimum absolute atomic E-state index is 0.603. The molecule has 1 heterocycles. The molecule has 0 fully saturated rings. The molecule has 0 atom stereocenters. The summed E-state index contributed by atoms with van der Waals surface area (Å²) in [5.41, 5.74) is 2.28. The molecule has 2 aromatic rings. The topological polar surface area (TPSA) is 17.8 Å². The van der Waals surface area contributed by atoms with E-state index in [2.05, 4.69) is 22.5 Å². The molecule has 0 N–H and O–H groups in total. The first-order valence-corrected chi connectivity index (χ1v) is 8.62. The lowest BCUT2D eigenvalue weighted by molar-refractivity contribution is 0.674. The predicted octanol–water partition coefficient (Wildman–Crippen LogP) is 4.87. The summed E-state index contributed by atoms with van der Waals surface area (Å²) < 4.78 is 2.23. The van der Waals surface area contributed by atoms with E-state index >= 15 is 0 Å². The van der Waals surface area contributed by atoms with Crippen molar-refractivity contribution in [3.8, 4) is 0 Å². The van der Waals surface area contributed by atoms with Gasteiger partial charge in [-0.05, 0) is 18.1 Å². The van der Waals surface area contributed by atoms with E-state index in [1.165, 1.54) is 5.69 Å². The van der Waals surface area contributed by atoms with E-state index in [9.17, 15) is 0 Å². The summed E-state index contributed by atoms with van der Waals surface area (Å²) >= 11 is 13.9. The van der Waals surface area contributed by atoms with Crippen molar-refractivity contribution in [1.82, 2.24) is 9.55 Å². The number of nitrogens with zero attached hydrogens (tertiary/aromatic N) is 2. The fraction of sp³-hybridized carbons (Fsp3) is 0.400. The molecule has 0 radical (unpaired) electrons. The van der Waals surface area contributed by atoms with Gasteiger partial charge in [0.25, 0.3) is 0 Å². The van der Waals surface area contributed by atoms with Crippen LogP contribution in [0, 0.1) is 0 Å². The maximum Gasteiger partial charge on any atom is 0.168 e. The van der Waals surface area contributed by atoms with Gasteiger partial charge in [0, 0.05) is 35.0 Å². The van der Waals surface area contributed by atoms with Gasteiger partial charge in [0.2, 0.25) is 0 Å². The van der Waals surface area contributed by atoms with Crippen LogP contribution in [0.15, 0.2) is 35.6 Å². The van der Waals surface area contributed by atoms with Crippen LogP contribution >= 0.6 is 35.0 Å². The lowest BCUT2D eigenvalue weighted by Crippen LogP contribution is -2.07. The zero-order valence-corrected chi connectivity index (χ0v) is 13.8. The molecule has 1 aromatic carbocycles. The number of imidazole rings is 1. The predicted molar refractivity (Wildman–Crippen MR) is 88.2 cm³/mol. The molecule has 0 aliphatic rings. The number of hydrogen-bond acceptors (Lipinski definition) is 2. The highest BCUT2D eigenvalue weighted by atomic mass is 35.5. The van der Waals surface area contributed by atoms with Gasteiger partial charge in [0.1, 0.15) is 0 Å². The third kappa shape index (κ3) is 3.94. The quantitative estimate of drug-likeness (QED) is 0.533. The molecule has 2 nitrogen and oxygen atoms in total. The van der Waals surface area contributed by atoms with Crippen molar-refractivity contribution in [2.24, 2.45) is 0 Å². The molecule has 1 aromatic heterocycles.